The fraction of sp³-hybridized carbons (Fsp3) is 0.111. The minimum atomic E-state index is -4.60. The van der Waals surface area contributed by atoms with Gasteiger partial charge in [-0.2, -0.15) is 13.2 Å². The monoisotopic (exact) mass is 376 g/mol. The predicted molar refractivity (Wildman–Crippen MR) is 89.9 cm³/mol. The first-order valence-electron chi connectivity index (χ1n) is 7.61. The lowest BCUT2D eigenvalue weighted by molar-refractivity contribution is -0.385. The van der Waals surface area contributed by atoms with Crippen molar-refractivity contribution < 1.29 is 27.6 Å². The predicted octanol–water partition coefficient (Wildman–Crippen LogP) is 4.27. The maximum absolute atomic E-state index is 13.1. The van der Waals surface area contributed by atoms with E-state index in [0.29, 0.717) is 5.56 Å². The number of carbonyl (C=O) groups is 1. The second-order valence-electron chi connectivity index (χ2n) is 5.68. The van der Waals surface area contributed by atoms with Crippen molar-refractivity contribution in [2.24, 2.45) is 4.99 Å². The van der Waals surface area contributed by atoms with Crippen LogP contribution in [0.5, 0.6) is 0 Å². The minimum absolute atomic E-state index is 0.174. The van der Waals surface area contributed by atoms with Crippen LogP contribution in [0, 0.1) is 17.0 Å². The number of alkyl halides is 3. The van der Waals surface area contributed by atoms with Crippen LogP contribution >= 0.6 is 0 Å². The van der Waals surface area contributed by atoms with Crippen molar-refractivity contribution in [3.8, 4) is 0 Å². The number of hydrogen-bond acceptors (Lipinski definition) is 5. The fourth-order valence-corrected chi connectivity index (χ4v) is 2.50. The van der Waals surface area contributed by atoms with E-state index < -0.39 is 22.6 Å². The van der Waals surface area contributed by atoms with Gasteiger partial charge in [-0.1, -0.05) is 24.3 Å². The van der Waals surface area contributed by atoms with Crippen LogP contribution in [0.2, 0.25) is 0 Å². The Kier molecular flexibility index (Phi) is 4.52. The third-order valence-electron chi connectivity index (χ3n) is 3.83. The summed E-state index contributed by atoms with van der Waals surface area (Å²) in [5.41, 5.74) is -1.09. The zero-order valence-corrected chi connectivity index (χ0v) is 13.8. The highest BCUT2D eigenvalue weighted by Gasteiger charge is 2.33. The maximum atomic E-state index is 13.1. The Morgan fingerprint density at radius 1 is 1.19 bits per heavy atom. The van der Waals surface area contributed by atoms with Crippen molar-refractivity contribution in [2.75, 3.05) is 0 Å². The van der Waals surface area contributed by atoms with Crippen LogP contribution in [0.15, 0.2) is 53.2 Å². The number of esters is 1. The molecule has 27 heavy (non-hydrogen) atoms. The van der Waals surface area contributed by atoms with Crippen molar-refractivity contribution in [3.63, 3.8) is 0 Å². The Hall–Kier alpha value is -3.49. The third-order valence-corrected chi connectivity index (χ3v) is 3.83. The Morgan fingerprint density at radius 2 is 1.89 bits per heavy atom. The van der Waals surface area contributed by atoms with E-state index in [4.69, 9.17) is 4.74 Å². The number of cyclic esters (lactones) is 1. The average Bonchev–Trinajstić information content (AvgIpc) is 2.95. The number of rotatable bonds is 3. The summed E-state index contributed by atoms with van der Waals surface area (Å²) in [6.07, 6.45) is -3.62. The first kappa shape index (κ1) is 18.3. The van der Waals surface area contributed by atoms with Crippen molar-refractivity contribution in [1.29, 1.82) is 0 Å². The first-order valence-corrected chi connectivity index (χ1v) is 7.61. The molecular weight excluding hydrogens is 365 g/mol. The van der Waals surface area contributed by atoms with Gasteiger partial charge in [0.1, 0.15) is 0 Å². The lowest BCUT2D eigenvalue weighted by atomic mass is 10.1. The molecular formula is C18H11F3N2O4. The molecule has 0 fully saturated rings. The highest BCUT2D eigenvalue weighted by molar-refractivity contribution is 6.13. The van der Waals surface area contributed by atoms with Gasteiger partial charge in [-0.25, -0.2) is 9.79 Å². The SMILES string of the molecule is Cc1ccc(C2=NC(=Cc3ccccc3C(F)(F)F)C(=O)O2)cc1[N+](=O)[O-]. The van der Waals surface area contributed by atoms with Crippen LogP contribution in [0.4, 0.5) is 18.9 Å². The highest BCUT2D eigenvalue weighted by Crippen LogP contribution is 2.33. The summed E-state index contributed by atoms with van der Waals surface area (Å²) in [5, 5.41) is 11.0. The van der Waals surface area contributed by atoms with Crippen molar-refractivity contribution in [3.05, 3.63) is 80.5 Å². The van der Waals surface area contributed by atoms with E-state index in [-0.39, 0.29) is 28.4 Å². The quantitative estimate of drug-likeness (QED) is 0.347. The summed E-state index contributed by atoms with van der Waals surface area (Å²) in [6.45, 7) is 1.55. The normalized spacial score (nSPS) is 15.6. The highest BCUT2D eigenvalue weighted by atomic mass is 19.4. The van der Waals surface area contributed by atoms with E-state index in [1.54, 1.807) is 6.92 Å². The van der Waals surface area contributed by atoms with Crippen molar-refractivity contribution in [1.82, 2.24) is 0 Å². The molecule has 1 aliphatic heterocycles. The number of aliphatic imine (C=N–C) groups is 1. The second kappa shape index (κ2) is 6.67. The van der Waals surface area contributed by atoms with E-state index in [0.717, 1.165) is 12.1 Å². The van der Waals surface area contributed by atoms with Gasteiger partial charge >= 0.3 is 12.1 Å². The van der Waals surface area contributed by atoms with Crippen LogP contribution in [-0.4, -0.2) is 16.8 Å². The maximum Gasteiger partial charge on any atom is 0.416 e. The van der Waals surface area contributed by atoms with Gasteiger partial charge in [0.2, 0.25) is 5.90 Å². The number of nitro groups is 1. The fourth-order valence-electron chi connectivity index (χ4n) is 2.50. The third kappa shape index (κ3) is 3.71. The molecule has 0 bridgehead atoms. The first-order chi connectivity index (χ1) is 12.7. The van der Waals surface area contributed by atoms with Crippen LogP contribution in [0.1, 0.15) is 22.3 Å². The summed E-state index contributed by atoms with van der Waals surface area (Å²) in [6, 6.07) is 8.85. The summed E-state index contributed by atoms with van der Waals surface area (Å²) in [7, 11) is 0. The molecule has 9 heteroatoms. The molecule has 0 saturated heterocycles. The molecule has 3 rings (SSSR count). The lowest BCUT2D eigenvalue weighted by Gasteiger charge is -2.09. The van der Waals surface area contributed by atoms with Crippen molar-refractivity contribution in [2.45, 2.75) is 13.1 Å². The molecule has 1 heterocycles. The molecule has 6 nitrogen and oxygen atoms in total. The number of nitro benzene ring substituents is 1. The van der Waals surface area contributed by atoms with Crippen LogP contribution in [-0.2, 0) is 15.7 Å². The van der Waals surface area contributed by atoms with E-state index in [1.165, 1.54) is 36.4 Å². The van der Waals surface area contributed by atoms with E-state index >= 15 is 0 Å². The molecule has 0 atom stereocenters. The summed E-state index contributed by atoms with van der Waals surface area (Å²) in [4.78, 5) is 26.3. The Balaban J connectivity index is 2.02. The number of hydrogen-bond donors (Lipinski definition) is 0. The Bertz CT molecular complexity index is 1010. The molecule has 0 unspecified atom stereocenters. The van der Waals surface area contributed by atoms with Gasteiger partial charge in [-0.3, -0.25) is 10.1 Å². The van der Waals surface area contributed by atoms with Gasteiger partial charge in [0.15, 0.2) is 5.70 Å². The lowest BCUT2D eigenvalue weighted by Crippen LogP contribution is -2.08. The molecule has 0 aliphatic carbocycles. The molecule has 2 aromatic carbocycles. The van der Waals surface area contributed by atoms with Crippen LogP contribution in [0.3, 0.4) is 0 Å². The van der Waals surface area contributed by atoms with Crippen LogP contribution < -0.4 is 0 Å². The van der Waals surface area contributed by atoms with Gasteiger partial charge in [0, 0.05) is 17.2 Å². The molecule has 0 spiro atoms. The number of aryl methyl sites for hydroxylation is 1. The molecule has 2 aromatic rings. The van der Waals surface area contributed by atoms with E-state index in [9.17, 15) is 28.1 Å². The van der Waals surface area contributed by atoms with E-state index in [1.807, 2.05) is 0 Å². The largest absolute Gasteiger partial charge is 0.416 e. The molecule has 0 aromatic heterocycles. The average molecular weight is 376 g/mol. The summed E-state index contributed by atoms with van der Waals surface area (Å²) >= 11 is 0. The number of ether oxygens (including phenoxy) is 1. The summed E-state index contributed by atoms with van der Waals surface area (Å²) in [5.74, 6) is -1.15. The smallest absolute Gasteiger partial charge is 0.402 e. The van der Waals surface area contributed by atoms with Crippen molar-refractivity contribution >= 4 is 23.6 Å². The molecule has 0 radical (unpaired) electrons. The minimum Gasteiger partial charge on any atom is -0.402 e. The molecule has 0 amide bonds. The second-order valence-corrected chi connectivity index (χ2v) is 5.68. The van der Waals surface area contributed by atoms with E-state index in [2.05, 4.69) is 4.99 Å². The topological polar surface area (TPSA) is 81.8 Å². The van der Waals surface area contributed by atoms with Gasteiger partial charge in [0.25, 0.3) is 5.69 Å². The zero-order chi connectivity index (χ0) is 19.8. The van der Waals surface area contributed by atoms with Gasteiger partial charge in [0.05, 0.1) is 10.5 Å². The summed E-state index contributed by atoms with van der Waals surface area (Å²) < 4.78 is 44.2. The number of benzene rings is 2. The number of nitrogens with zero attached hydrogens (tertiary/aromatic N) is 2. The zero-order valence-electron chi connectivity index (χ0n) is 13.8. The molecule has 0 N–H and O–H groups in total. The van der Waals surface area contributed by atoms with Crippen LogP contribution in [0.25, 0.3) is 6.08 Å². The van der Waals surface area contributed by atoms with Gasteiger partial charge < -0.3 is 4.74 Å². The van der Waals surface area contributed by atoms with Gasteiger partial charge in [-0.05, 0) is 30.7 Å². The van der Waals surface area contributed by atoms with Gasteiger partial charge in [-0.15, -0.1) is 0 Å². The number of carbonyl (C=O) groups excluding carboxylic acids is 1. The molecule has 0 saturated carbocycles. The Morgan fingerprint density at radius 3 is 2.56 bits per heavy atom. The number of halogens is 3. The molecule has 138 valence electrons. The Labute approximate surface area is 150 Å². The standard InChI is InChI=1S/C18H11F3N2O4/c1-10-6-7-12(9-15(10)23(25)26)16-22-14(17(24)27-16)8-11-4-2-3-5-13(11)18(19,20)21/h2-9H,1H3. The molecule has 1 aliphatic rings.